The van der Waals surface area contributed by atoms with Crippen LogP contribution in [0.25, 0.3) is 0 Å². The number of hydrogen-bond acceptors (Lipinski definition) is 2. The molecule has 18 heavy (non-hydrogen) atoms. The van der Waals surface area contributed by atoms with Crippen molar-refractivity contribution < 1.29 is 22.4 Å². The molecule has 100 valence electrons. The van der Waals surface area contributed by atoms with Crippen LogP contribution in [0.1, 0.15) is 17.3 Å². The molecule has 0 radical (unpaired) electrons. The van der Waals surface area contributed by atoms with E-state index >= 15 is 0 Å². The van der Waals surface area contributed by atoms with Crippen molar-refractivity contribution in [1.82, 2.24) is 10.6 Å². The average Bonchev–Trinajstić information content (AvgIpc) is 2.32. The van der Waals surface area contributed by atoms with E-state index in [0.29, 0.717) is 13.1 Å². The molecule has 0 bridgehead atoms. The lowest BCUT2D eigenvalue weighted by Crippen LogP contribution is -2.33. The van der Waals surface area contributed by atoms with Crippen molar-refractivity contribution in [1.29, 1.82) is 0 Å². The van der Waals surface area contributed by atoms with Gasteiger partial charge in [-0.05, 0) is 6.54 Å². The lowest BCUT2D eigenvalue weighted by Gasteiger charge is -2.08. The van der Waals surface area contributed by atoms with Crippen LogP contribution >= 0.6 is 0 Å². The van der Waals surface area contributed by atoms with Gasteiger partial charge in [-0.3, -0.25) is 4.79 Å². The van der Waals surface area contributed by atoms with E-state index in [1.807, 2.05) is 6.92 Å². The Bertz CT molecular complexity index is 425. The van der Waals surface area contributed by atoms with Crippen molar-refractivity contribution in [2.75, 3.05) is 19.6 Å². The van der Waals surface area contributed by atoms with E-state index in [-0.39, 0.29) is 12.6 Å². The topological polar surface area (TPSA) is 41.1 Å². The summed E-state index contributed by atoms with van der Waals surface area (Å²) < 4.78 is 52.1. The maximum atomic E-state index is 13.2. The second-order valence-electron chi connectivity index (χ2n) is 3.45. The minimum absolute atomic E-state index is 0.0556. The number of nitrogens with one attached hydrogen (secondary N) is 2. The summed E-state index contributed by atoms with van der Waals surface area (Å²) in [7, 11) is 0. The number of rotatable bonds is 5. The molecule has 0 aromatic heterocycles. The Morgan fingerprint density at radius 2 is 1.67 bits per heavy atom. The van der Waals surface area contributed by atoms with Gasteiger partial charge >= 0.3 is 0 Å². The van der Waals surface area contributed by atoms with Crippen LogP contribution < -0.4 is 10.6 Å². The highest BCUT2D eigenvalue weighted by molar-refractivity contribution is 5.94. The molecule has 0 aliphatic heterocycles. The molecule has 3 nitrogen and oxygen atoms in total. The smallest absolute Gasteiger partial charge is 0.257 e. The minimum Gasteiger partial charge on any atom is -0.351 e. The summed E-state index contributed by atoms with van der Waals surface area (Å²) in [6, 6.07) is 0.0556. The summed E-state index contributed by atoms with van der Waals surface area (Å²) in [6.45, 7) is 2.96. The molecule has 0 aliphatic carbocycles. The van der Waals surface area contributed by atoms with E-state index in [0.717, 1.165) is 0 Å². The summed E-state index contributed by atoms with van der Waals surface area (Å²) >= 11 is 0. The summed E-state index contributed by atoms with van der Waals surface area (Å²) in [6.07, 6.45) is 0. The third-order valence-corrected chi connectivity index (χ3v) is 2.18. The summed E-state index contributed by atoms with van der Waals surface area (Å²) in [5.74, 6) is -7.80. The third kappa shape index (κ3) is 3.19. The first-order chi connectivity index (χ1) is 8.49. The number of halogens is 4. The van der Waals surface area contributed by atoms with Gasteiger partial charge in [-0.25, -0.2) is 17.6 Å². The van der Waals surface area contributed by atoms with Crippen LogP contribution in [-0.4, -0.2) is 25.5 Å². The van der Waals surface area contributed by atoms with E-state index in [4.69, 9.17) is 0 Å². The second-order valence-corrected chi connectivity index (χ2v) is 3.45. The zero-order chi connectivity index (χ0) is 13.7. The predicted molar refractivity (Wildman–Crippen MR) is 57.2 cm³/mol. The van der Waals surface area contributed by atoms with Gasteiger partial charge in [0.15, 0.2) is 23.3 Å². The number of carbonyl (C=O) groups excluding carboxylic acids is 1. The lowest BCUT2D eigenvalue weighted by molar-refractivity contribution is 0.0943. The Balaban J connectivity index is 2.85. The van der Waals surface area contributed by atoms with E-state index in [1.54, 1.807) is 0 Å². The Hall–Kier alpha value is -1.63. The molecule has 1 amide bonds. The van der Waals surface area contributed by atoms with Gasteiger partial charge in [0.2, 0.25) is 0 Å². The fraction of sp³-hybridized carbons (Fsp3) is 0.364. The van der Waals surface area contributed by atoms with Crippen molar-refractivity contribution >= 4 is 5.91 Å². The third-order valence-electron chi connectivity index (χ3n) is 2.18. The molecule has 7 heteroatoms. The maximum Gasteiger partial charge on any atom is 0.257 e. The fourth-order valence-electron chi connectivity index (χ4n) is 1.30. The molecule has 0 fully saturated rings. The van der Waals surface area contributed by atoms with Crippen molar-refractivity contribution in [3.8, 4) is 0 Å². The highest BCUT2D eigenvalue weighted by Gasteiger charge is 2.24. The molecule has 0 unspecified atom stereocenters. The Morgan fingerprint density at radius 3 is 2.17 bits per heavy atom. The average molecular weight is 264 g/mol. The minimum atomic E-state index is -1.70. The molecule has 2 N–H and O–H groups in total. The first-order valence-corrected chi connectivity index (χ1v) is 5.31. The maximum absolute atomic E-state index is 13.2. The molecule has 0 saturated heterocycles. The Kier molecular flexibility index (Phi) is 5.08. The fourth-order valence-corrected chi connectivity index (χ4v) is 1.30. The summed E-state index contributed by atoms with van der Waals surface area (Å²) in [5.41, 5.74) is -1.25. The van der Waals surface area contributed by atoms with Crippen LogP contribution in [-0.2, 0) is 0 Å². The standard InChI is InChI=1S/C11H12F4N2O/c1-2-16-3-4-17-11(18)8-9(14)6(12)5-7(13)10(8)15/h5,16H,2-4H2,1H3,(H,17,18). The molecule has 0 saturated carbocycles. The predicted octanol–water partition coefficient (Wildman–Crippen LogP) is 1.58. The number of hydrogen-bond donors (Lipinski definition) is 2. The van der Waals surface area contributed by atoms with Gasteiger partial charge in [-0.15, -0.1) is 0 Å². The molecule has 0 atom stereocenters. The van der Waals surface area contributed by atoms with Crippen LogP contribution in [0.15, 0.2) is 6.07 Å². The monoisotopic (exact) mass is 264 g/mol. The van der Waals surface area contributed by atoms with Crippen molar-refractivity contribution in [3.05, 3.63) is 34.9 Å². The molecule has 0 heterocycles. The van der Waals surface area contributed by atoms with Gasteiger partial charge in [-0.1, -0.05) is 6.92 Å². The second kappa shape index (κ2) is 6.34. The number of likely N-dealkylation sites (N-methyl/N-ethyl adjacent to an activating group) is 1. The van der Waals surface area contributed by atoms with E-state index < -0.39 is 34.7 Å². The van der Waals surface area contributed by atoms with Crippen LogP contribution in [0.3, 0.4) is 0 Å². The van der Waals surface area contributed by atoms with Crippen LogP contribution in [0.4, 0.5) is 17.6 Å². The zero-order valence-corrected chi connectivity index (χ0v) is 9.62. The number of benzene rings is 1. The zero-order valence-electron chi connectivity index (χ0n) is 9.62. The Morgan fingerprint density at radius 1 is 1.11 bits per heavy atom. The number of amides is 1. The van der Waals surface area contributed by atoms with Gasteiger partial charge in [0.05, 0.1) is 0 Å². The van der Waals surface area contributed by atoms with Gasteiger partial charge in [0.25, 0.3) is 5.91 Å². The van der Waals surface area contributed by atoms with E-state index in [2.05, 4.69) is 10.6 Å². The molecular weight excluding hydrogens is 252 g/mol. The largest absolute Gasteiger partial charge is 0.351 e. The lowest BCUT2D eigenvalue weighted by atomic mass is 10.1. The van der Waals surface area contributed by atoms with Gasteiger partial charge in [0, 0.05) is 19.2 Å². The highest BCUT2D eigenvalue weighted by Crippen LogP contribution is 2.18. The molecule has 1 aromatic rings. The first kappa shape index (κ1) is 14.4. The summed E-state index contributed by atoms with van der Waals surface area (Å²) in [5, 5.41) is 5.01. The van der Waals surface area contributed by atoms with Gasteiger partial charge < -0.3 is 10.6 Å². The number of carbonyl (C=O) groups is 1. The first-order valence-electron chi connectivity index (χ1n) is 5.31. The van der Waals surface area contributed by atoms with Gasteiger partial charge in [0.1, 0.15) is 5.56 Å². The molecule has 1 aromatic carbocycles. The molecule has 0 spiro atoms. The van der Waals surface area contributed by atoms with Crippen molar-refractivity contribution in [2.45, 2.75) is 6.92 Å². The van der Waals surface area contributed by atoms with E-state index in [9.17, 15) is 22.4 Å². The van der Waals surface area contributed by atoms with Crippen LogP contribution in [0.2, 0.25) is 0 Å². The van der Waals surface area contributed by atoms with Crippen LogP contribution in [0, 0.1) is 23.3 Å². The van der Waals surface area contributed by atoms with Crippen LogP contribution in [0.5, 0.6) is 0 Å². The normalized spacial score (nSPS) is 10.5. The summed E-state index contributed by atoms with van der Waals surface area (Å²) in [4.78, 5) is 11.4. The highest BCUT2D eigenvalue weighted by atomic mass is 19.2. The quantitative estimate of drug-likeness (QED) is 0.481. The van der Waals surface area contributed by atoms with Gasteiger partial charge in [-0.2, -0.15) is 0 Å². The molecule has 0 aliphatic rings. The SMILES string of the molecule is CCNCCNC(=O)c1c(F)c(F)cc(F)c1F. The van der Waals surface area contributed by atoms with Crippen molar-refractivity contribution in [2.24, 2.45) is 0 Å². The Labute approximate surface area is 101 Å². The molecule has 1 rings (SSSR count). The van der Waals surface area contributed by atoms with Crippen molar-refractivity contribution in [3.63, 3.8) is 0 Å². The molecular formula is C11H12F4N2O. The van der Waals surface area contributed by atoms with E-state index in [1.165, 1.54) is 0 Å².